The Bertz CT molecular complexity index is 783. The monoisotopic (exact) mass is 341 g/mol. The smallest absolute Gasteiger partial charge is 0.314 e. The first-order valence-corrected chi connectivity index (χ1v) is 7.87. The van der Waals surface area contributed by atoms with Crippen LogP contribution in [0, 0.1) is 17.7 Å². The maximum absolute atomic E-state index is 11.7. The van der Waals surface area contributed by atoms with Crippen LogP contribution in [0.3, 0.4) is 0 Å². The van der Waals surface area contributed by atoms with Crippen molar-refractivity contribution in [3.63, 3.8) is 0 Å². The Morgan fingerprint density at radius 2 is 1.92 bits per heavy atom. The predicted molar refractivity (Wildman–Crippen MR) is 96.7 cm³/mol. The van der Waals surface area contributed by atoms with E-state index in [-0.39, 0.29) is 18.4 Å². The number of hydrogen-bond donors (Lipinski definition) is 2. The molecule has 2 rings (SSSR count). The lowest BCUT2D eigenvalue weighted by Crippen LogP contribution is -2.32. The van der Waals surface area contributed by atoms with E-state index >= 15 is 0 Å². The normalized spacial score (nSPS) is 11.0. The second-order valence-electron chi connectivity index (χ2n) is 6.49. The number of ether oxygens (including phenoxy) is 2. The molecule has 6 heteroatoms. The van der Waals surface area contributed by atoms with Crippen LogP contribution in [-0.4, -0.2) is 30.5 Å². The van der Waals surface area contributed by atoms with Gasteiger partial charge in [-0.3, -0.25) is 10.2 Å². The van der Waals surface area contributed by atoms with E-state index in [1.165, 1.54) is 7.11 Å². The van der Waals surface area contributed by atoms with Gasteiger partial charge in [0, 0.05) is 23.4 Å². The van der Waals surface area contributed by atoms with Gasteiger partial charge in [-0.1, -0.05) is 18.2 Å². The zero-order chi connectivity index (χ0) is 18.6. The fourth-order valence-electron chi connectivity index (χ4n) is 2.37. The number of benzene rings is 1. The van der Waals surface area contributed by atoms with E-state index in [9.17, 15) is 4.79 Å². The van der Waals surface area contributed by atoms with Crippen molar-refractivity contribution in [2.45, 2.75) is 20.8 Å². The molecule has 0 aliphatic heterocycles. The van der Waals surface area contributed by atoms with Crippen LogP contribution in [0.5, 0.6) is 5.88 Å². The fraction of sp³-hybridized carbons (Fsp3) is 0.316. The molecule has 6 nitrogen and oxygen atoms in total. The Labute approximate surface area is 147 Å². The molecule has 0 saturated carbocycles. The number of pyridine rings is 1. The van der Waals surface area contributed by atoms with E-state index in [4.69, 9.17) is 20.6 Å². The van der Waals surface area contributed by atoms with Crippen molar-refractivity contribution in [1.29, 1.82) is 5.41 Å². The van der Waals surface area contributed by atoms with Crippen LogP contribution in [0.1, 0.15) is 25.0 Å². The van der Waals surface area contributed by atoms with Crippen molar-refractivity contribution in [2.75, 3.05) is 13.7 Å². The molecule has 3 N–H and O–H groups in total. The number of nitrogens with zero attached hydrogens (tertiary/aromatic N) is 1. The van der Waals surface area contributed by atoms with Crippen molar-refractivity contribution < 1.29 is 14.3 Å². The van der Waals surface area contributed by atoms with Crippen LogP contribution >= 0.6 is 0 Å². The highest BCUT2D eigenvalue weighted by Crippen LogP contribution is 2.24. The standard InChI is InChI=1S/C19H23N3O3/c1-12-9-13(5-7-15(12)17(20)21)14-6-8-16(22-10-14)25-11-19(2,3)18(23)24-4/h5-10H,11H2,1-4H3,(H3,20,21). The van der Waals surface area contributed by atoms with Crippen LogP contribution in [0.25, 0.3) is 11.1 Å². The first-order chi connectivity index (χ1) is 11.7. The van der Waals surface area contributed by atoms with Gasteiger partial charge < -0.3 is 15.2 Å². The summed E-state index contributed by atoms with van der Waals surface area (Å²) in [6.07, 6.45) is 1.71. The molecular formula is C19H23N3O3. The van der Waals surface area contributed by atoms with Crippen molar-refractivity contribution in [1.82, 2.24) is 4.98 Å². The molecule has 0 radical (unpaired) electrons. The number of aryl methyl sites for hydroxylation is 1. The topological polar surface area (TPSA) is 98.3 Å². The Kier molecular flexibility index (Phi) is 5.41. The molecular weight excluding hydrogens is 318 g/mol. The fourth-order valence-corrected chi connectivity index (χ4v) is 2.37. The summed E-state index contributed by atoms with van der Waals surface area (Å²) in [5, 5.41) is 7.54. The minimum absolute atomic E-state index is 0.0548. The maximum Gasteiger partial charge on any atom is 0.314 e. The van der Waals surface area contributed by atoms with E-state index in [0.29, 0.717) is 5.88 Å². The summed E-state index contributed by atoms with van der Waals surface area (Å²) in [5.41, 5.74) is 8.37. The van der Waals surface area contributed by atoms with Gasteiger partial charge in [-0.15, -0.1) is 0 Å². The molecule has 0 saturated heterocycles. The third-order valence-electron chi connectivity index (χ3n) is 3.91. The van der Waals surface area contributed by atoms with Gasteiger partial charge in [-0.2, -0.15) is 0 Å². The molecule has 1 aromatic heterocycles. The SMILES string of the molecule is COC(=O)C(C)(C)COc1ccc(-c2ccc(C(=N)N)c(C)c2)cn1. The highest BCUT2D eigenvalue weighted by atomic mass is 16.5. The van der Waals surface area contributed by atoms with Gasteiger partial charge in [0.15, 0.2) is 0 Å². The molecule has 0 unspecified atom stereocenters. The number of methoxy groups -OCH3 is 1. The van der Waals surface area contributed by atoms with Gasteiger partial charge in [-0.05, 0) is 38.0 Å². The van der Waals surface area contributed by atoms with Gasteiger partial charge in [-0.25, -0.2) is 4.98 Å². The van der Waals surface area contributed by atoms with Gasteiger partial charge >= 0.3 is 5.97 Å². The van der Waals surface area contributed by atoms with E-state index in [1.807, 2.05) is 31.2 Å². The molecule has 0 spiro atoms. The second-order valence-corrected chi connectivity index (χ2v) is 6.49. The van der Waals surface area contributed by atoms with Crippen LogP contribution < -0.4 is 10.5 Å². The molecule has 0 aliphatic carbocycles. The number of carbonyl (C=O) groups excluding carboxylic acids is 1. The minimum Gasteiger partial charge on any atom is -0.476 e. The maximum atomic E-state index is 11.7. The van der Waals surface area contributed by atoms with Crippen LogP contribution in [0.2, 0.25) is 0 Å². The largest absolute Gasteiger partial charge is 0.476 e. The summed E-state index contributed by atoms with van der Waals surface area (Å²) in [6.45, 7) is 5.61. The Morgan fingerprint density at radius 3 is 2.44 bits per heavy atom. The van der Waals surface area contributed by atoms with E-state index in [2.05, 4.69) is 4.98 Å². The van der Waals surface area contributed by atoms with Crippen molar-refractivity contribution in [3.05, 3.63) is 47.7 Å². The zero-order valence-electron chi connectivity index (χ0n) is 14.9. The van der Waals surface area contributed by atoms with Crippen molar-refractivity contribution in [3.8, 4) is 17.0 Å². The van der Waals surface area contributed by atoms with Crippen LogP contribution in [0.15, 0.2) is 36.5 Å². The first-order valence-electron chi connectivity index (χ1n) is 7.87. The third kappa shape index (κ3) is 4.35. The number of rotatable bonds is 6. The van der Waals surface area contributed by atoms with Crippen LogP contribution in [0.4, 0.5) is 0 Å². The number of aromatic nitrogens is 1. The number of carbonyl (C=O) groups is 1. The molecule has 0 fully saturated rings. The number of esters is 1. The van der Waals surface area contributed by atoms with Gasteiger partial charge in [0.25, 0.3) is 0 Å². The number of nitrogen functional groups attached to an aromatic ring is 1. The lowest BCUT2D eigenvalue weighted by atomic mass is 9.95. The summed E-state index contributed by atoms with van der Waals surface area (Å²) >= 11 is 0. The predicted octanol–water partition coefficient (Wildman–Crippen LogP) is 2.92. The number of nitrogens with one attached hydrogen (secondary N) is 1. The minimum atomic E-state index is -0.741. The molecule has 1 aromatic carbocycles. The number of nitrogens with two attached hydrogens (primary N) is 1. The summed E-state index contributed by atoms with van der Waals surface area (Å²) in [7, 11) is 1.36. The molecule has 0 amide bonds. The van der Waals surface area contributed by atoms with E-state index in [1.54, 1.807) is 26.1 Å². The average Bonchev–Trinajstić information content (AvgIpc) is 2.59. The molecule has 1 heterocycles. The van der Waals surface area contributed by atoms with E-state index in [0.717, 1.165) is 22.3 Å². The van der Waals surface area contributed by atoms with Crippen LogP contribution in [-0.2, 0) is 9.53 Å². The van der Waals surface area contributed by atoms with Gasteiger partial charge in [0.05, 0.1) is 12.5 Å². The van der Waals surface area contributed by atoms with E-state index < -0.39 is 5.41 Å². The highest BCUT2D eigenvalue weighted by molar-refractivity contribution is 5.96. The highest BCUT2D eigenvalue weighted by Gasteiger charge is 2.29. The van der Waals surface area contributed by atoms with Crippen molar-refractivity contribution in [2.24, 2.45) is 11.1 Å². The number of amidine groups is 1. The molecule has 2 aromatic rings. The average molecular weight is 341 g/mol. The quantitative estimate of drug-likeness (QED) is 0.478. The van der Waals surface area contributed by atoms with Gasteiger partial charge in [0.2, 0.25) is 5.88 Å². The molecule has 25 heavy (non-hydrogen) atoms. The Hall–Kier alpha value is -2.89. The van der Waals surface area contributed by atoms with Crippen molar-refractivity contribution >= 4 is 11.8 Å². The lowest BCUT2D eigenvalue weighted by molar-refractivity contribution is -0.152. The Balaban J connectivity index is 2.11. The molecule has 0 atom stereocenters. The summed E-state index contributed by atoms with van der Waals surface area (Å²) in [5.74, 6) is 0.169. The third-order valence-corrected chi connectivity index (χ3v) is 3.91. The number of hydrogen-bond acceptors (Lipinski definition) is 5. The summed E-state index contributed by atoms with van der Waals surface area (Å²) in [6, 6.07) is 9.36. The lowest BCUT2D eigenvalue weighted by Gasteiger charge is -2.21. The molecule has 0 bridgehead atoms. The zero-order valence-corrected chi connectivity index (χ0v) is 14.9. The molecule has 0 aliphatic rings. The van der Waals surface area contributed by atoms with Gasteiger partial charge in [0.1, 0.15) is 12.4 Å². The Morgan fingerprint density at radius 1 is 1.24 bits per heavy atom. The summed E-state index contributed by atoms with van der Waals surface area (Å²) < 4.78 is 10.4. The summed E-state index contributed by atoms with van der Waals surface area (Å²) in [4.78, 5) is 15.9. The molecule has 132 valence electrons. The second kappa shape index (κ2) is 7.34. The first kappa shape index (κ1) is 18.4.